The molecule has 0 unspecified atom stereocenters. The zero-order valence-corrected chi connectivity index (χ0v) is 17.0. The van der Waals surface area contributed by atoms with E-state index in [0.717, 1.165) is 29.4 Å². The number of hydrogen-bond donors (Lipinski definition) is 1. The average molecular weight is 403 g/mol. The lowest BCUT2D eigenvalue weighted by atomic mass is 10.2. The number of carbonyl (C=O) groups is 1. The van der Waals surface area contributed by atoms with Crippen LogP contribution < -0.4 is 5.32 Å². The maximum Gasteiger partial charge on any atom is 0.268 e. The van der Waals surface area contributed by atoms with Gasteiger partial charge >= 0.3 is 0 Å². The number of rotatable bonds is 8. The Bertz CT molecular complexity index is 1190. The summed E-state index contributed by atoms with van der Waals surface area (Å²) in [4.78, 5) is 22.0. The average Bonchev–Trinajstić information content (AvgIpc) is 3.44. The normalized spacial score (nSPS) is 13.9. The molecule has 3 aromatic heterocycles. The van der Waals surface area contributed by atoms with Gasteiger partial charge in [-0.3, -0.25) is 9.36 Å². The number of hydrogen-bond acceptors (Lipinski definition) is 4. The maximum absolute atomic E-state index is 13.1. The van der Waals surface area contributed by atoms with Crippen molar-refractivity contribution in [1.82, 2.24) is 24.4 Å². The van der Waals surface area contributed by atoms with Crippen molar-refractivity contribution in [3.05, 3.63) is 54.5 Å². The molecule has 30 heavy (non-hydrogen) atoms. The number of ether oxygens (including phenoxy) is 1. The number of amides is 1. The van der Waals surface area contributed by atoms with E-state index in [9.17, 15) is 4.79 Å². The first-order chi connectivity index (χ1) is 14.8. The monoisotopic (exact) mass is 403 g/mol. The van der Waals surface area contributed by atoms with E-state index in [1.54, 1.807) is 25.6 Å². The topological polar surface area (TPSA) is 74.0 Å². The SMILES string of the molecule is COCCCNC(=O)c1cc2c(c3ccccc3n2CC2CC2)n1-c1ncccn1. The van der Waals surface area contributed by atoms with E-state index in [1.807, 2.05) is 16.7 Å². The minimum atomic E-state index is -0.128. The molecule has 3 heterocycles. The molecular weight excluding hydrogens is 378 g/mol. The summed E-state index contributed by atoms with van der Waals surface area (Å²) in [6, 6.07) is 12.1. The summed E-state index contributed by atoms with van der Waals surface area (Å²) in [6.07, 6.45) is 6.71. The molecule has 154 valence electrons. The van der Waals surface area contributed by atoms with Gasteiger partial charge in [0.15, 0.2) is 0 Å². The van der Waals surface area contributed by atoms with Crippen LogP contribution in [0.4, 0.5) is 0 Å². The molecule has 7 heteroatoms. The first-order valence-corrected chi connectivity index (χ1v) is 10.4. The Morgan fingerprint density at radius 3 is 2.73 bits per heavy atom. The zero-order chi connectivity index (χ0) is 20.5. The lowest BCUT2D eigenvalue weighted by molar-refractivity contribution is 0.0942. The van der Waals surface area contributed by atoms with E-state index in [4.69, 9.17) is 4.74 Å². The molecule has 1 amide bonds. The molecule has 7 nitrogen and oxygen atoms in total. The third kappa shape index (κ3) is 3.35. The van der Waals surface area contributed by atoms with E-state index in [1.165, 1.54) is 18.4 Å². The van der Waals surface area contributed by atoms with Crippen molar-refractivity contribution in [3.8, 4) is 5.95 Å². The minimum absolute atomic E-state index is 0.128. The number of benzene rings is 1. The molecule has 0 aliphatic heterocycles. The molecule has 0 bridgehead atoms. The molecule has 1 fully saturated rings. The molecule has 1 saturated carbocycles. The second-order valence-corrected chi connectivity index (χ2v) is 7.82. The predicted octanol–water partition coefficient (Wildman–Crippen LogP) is 3.55. The van der Waals surface area contributed by atoms with Crippen molar-refractivity contribution in [3.63, 3.8) is 0 Å². The summed E-state index contributed by atoms with van der Waals surface area (Å²) >= 11 is 0. The van der Waals surface area contributed by atoms with Crippen LogP contribution in [0, 0.1) is 5.92 Å². The molecule has 4 aromatic rings. The molecule has 0 spiro atoms. The van der Waals surface area contributed by atoms with Crippen LogP contribution in [0.25, 0.3) is 27.9 Å². The van der Waals surface area contributed by atoms with Crippen LogP contribution in [0.2, 0.25) is 0 Å². The van der Waals surface area contributed by atoms with Gasteiger partial charge in [-0.2, -0.15) is 0 Å². The van der Waals surface area contributed by atoms with Crippen molar-refractivity contribution in [2.45, 2.75) is 25.8 Å². The quantitative estimate of drug-likeness (QED) is 0.457. The van der Waals surface area contributed by atoms with E-state index in [2.05, 4.69) is 38.1 Å². The highest BCUT2D eigenvalue weighted by atomic mass is 16.5. The molecule has 1 aliphatic carbocycles. The highest BCUT2D eigenvalue weighted by molar-refractivity contribution is 6.10. The van der Waals surface area contributed by atoms with Crippen LogP contribution in [-0.2, 0) is 11.3 Å². The summed E-state index contributed by atoms with van der Waals surface area (Å²) in [7, 11) is 1.66. The van der Waals surface area contributed by atoms with Crippen molar-refractivity contribution in [2.24, 2.45) is 5.92 Å². The molecule has 1 aliphatic rings. The maximum atomic E-state index is 13.1. The molecule has 0 saturated heterocycles. The predicted molar refractivity (Wildman–Crippen MR) is 116 cm³/mol. The van der Waals surface area contributed by atoms with Gasteiger partial charge in [0, 0.05) is 44.6 Å². The van der Waals surface area contributed by atoms with Gasteiger partial charge in [0.1, 0.15) is 5.69 Å². The second-order valence-electron chi connectivity index (χ2n) is 7.82. The smallest absolute Gasteiger partial charge is 0.268 e. The van der Waals surface area contributed by atoms with Gasteiger partial charge in [0.05, 0.1) is 16.6 Å². The van der Waals surface area contributed by atoms with Crippen LogP contribution in [0.5, 0.6) is 0 Å². The van der Waals surface area contributed by atoms with E-state index in [-0.39, 0.29) is 5.91 Å². The third-order valence-corrected chi connectivity index (χ3v) is 5.65. The Labute approximate surface area is 174 Å². The van der Waals surface area contributed by atoms with Crippen molar-refractivity contribution in [1.29, 1.82) is 0 Å². The van der Waals surface area contributed by atoms with Crippen LogP contribution in [0.15, 0.2) is 48.8 Å². The minimum Gasteiger partial charge on any atom is -0.385 e. The Kier molecular flexibility index (Phi) is 4.96. The number of nitrogens with zero attached hydrogens (tertiary/aromatic N) is 4. The van der Waals surface area contributed by atoms with Crippen LogP contribution in [-0.4, -0.2) is 45.3 Å². The summed E-state index contributed by atoms with van der Waals surface area (Å²) in [5.74, 6) is 1.09. The first kappa shape index (κ1) is 18.8. The fourth-order valence-electron chi connectivity index (χ4n) is 4.05. The van der Waals surface area contributed by atoms with Crippen molar-refractivity contribution < 1.29 is 9.53 Å². The lowest BCUT2D eigenvalue weighted by Crippen LogP contribution is -2.27. The summed E-state index contributed by atoms with van der Waals surface area (Å²) in [5, 5.41) is 4.12. The Morgan fingerprint density at radius 1 is 1.17 bits per heavy atom. The highest BCUT2D eigenvalue weighted by Gasteiger charge is 2.27. The second kappa shape index (κ2) is 7.91. The Balaban J connectivity index is 1.68. The van der Waals surface area contributed by atoms with Gasteiger partial charge < -0.3 is 14.6 Å². The van der Waals surface area contributed by atoms with Gasteiger partial charge in [-0.1, -0.05) is 18.2 Å². The molecule has 1 aromatic carbocycles. The number of fused-ring (bicyclic) bond motifs is 3. The van der Waals surface area contributed by atoms with Gasteiger partial charge in [-0.25, -0.2) is 9.97 Å². The van der Waals surface area contributed by atoms with Gasteiger partial charge in [-0.15, -0.1) is 0 Å². The Morgan fingerprint density at radius 2 is 1.97 bits per heavy atom. The number of nitrogens with one attached hydrogen (secondary N) is 1. The van der Waals surface area contributed by atoms with Gasteiger partial charge in [0.2, 0.25) is 5.95 Å². The van der Waals surface area contributed by atoms with E-state index in [0.29, 0.717) is 30.7 Å². The molecule has 0 radical (unpaired) electrons. The fourth-order valence-corrected chi connectivity index (χ4v) is 4.05. The van der Waals surface area contributed by atoms with Gasteiger partial charge in [-0.05, 0) is 43.4 Å². The number of para-hydroxylation sites is 1. The number of carbonyl (C=O) groups excluding carboxylic acids is 1. The number of aromatic nitrogens is 4. The zero-order valence-electron chi connectivity index (χ0n) is 17.0. The van der Waals surface area contributed by atoms with E-state index >= 15 is 0 Å². The van der Waals surface area contributed by atoms with Crippen LogP contribution in [0.3, 0.4) is 0 Å². The van der Waals surface area contributed by atoms with Gasteiger partial charge in [0.25, 0.3) is 5.91 Å². The lowest BCUT2D eigenvalue weighted by Gasteiger charge is -2.09. The van der Waals surface area contributed by atoms with Crippen molar-refractivity contribution >= 4 is 27.8 Å². The summed E-state index contributed by atoms with van der Waals surface area (Å²) in [6.45, 7) is 2.14. The molecule has 1 N–H and O–H groups in total. The standard InChI is InChI=1S/C23H25N5O2/c1-30-13-5-12-24-22(29)20-14-19-21(28(20)23-25-10-4-11-26-23)17-6-2-3-7-18(17)27(19)15-16-8-9-16/h2-4,6-7,10-11,14,16H,5,8-9,12-13,15H2,1H3,(H,24,29). The molecule has 0 atom stereocenters. The first-order valence-electron chi connectivity index (χ1n) is 10.4. The molecule has 5 rings (SSSR count). The Hall–Kier alpha value is -3.19. The highest BCUT2D eigenvalue weighted by Crippen LogP contribution is 2.37. The molecular formula is C23H25N5O2. The summed E-state index contributed by atoms with van der Waals surface area (Å²) in [5.41, 5.74) is 3.78. The number of methoxy groups -OCH3 is 1. The fraction of sp³-hybridized carbons (Fsp3) is 0.348. The third-order valence-electron chi connectivity index (χ3n) is 5.65. The summed E-state index contributed by atoms with van der Waals surface area (Å²) < 4.78 is 9.33. The van der Waals surface area contributed by atoms with E-state index < -0.39 is 0 Å². The van der Waals surface area contributed by atoms with Crippen LogP contribution in [0.1, 0.15) is 29.8 Å². The van der Waals surface area contributed by atoms with Crippen LogP contribution >= 0.6 is 0 Å². The van der Waals surface area contributed by atoms with Crippen molar-refractivity contribution in [2.75, 3.05) is 20.3 Å². The largest absolute Gasteiger partial charge is 0.385 e.